The molecule has 3 N–H and O–H groups in total. The Labute approximate surface area is 243 Å². The molecule has 4 atom stereocenters. The van der Waals surface area contributed by atoms with Crippen molar-refractivity contribution in [3.63, 3.8) is 0 Å². The number of hydrogen-bond acceptors (Lipinski definition) is 7. The first-order valence-corrected chi connectivity index (χ1v) is 14.9. The predicted molar refractivity (Wildman–Crippen MR) is 155 cm³/mol. The minimum Gasteiger partial charge on any atom is -0.471 e. The Morgan fingerprint density at radius 3 is 2.66 bits per heavy atom. The Hall–Kier alpha value is -2.59. The van der Waals surface area contributed by atoms with E-state index in [4.69, 9.17) is 14.5 Å². The fourth-order valence-electron chi connectivity index (χ4n) is 6.12. The number of aliphatic hydroxyl groups excluding tert-OH is 1. The SMILES string of the molecule is CN1CCOC(C(=O)N[C@@H](Cc2ccc(F)cc2)[C@H](O)CN[C@H]2CC3(CCC3)Oc3ncc(CC(C)(C)C)cc32)C1. The van der Waals surface area contributed by atoms with Crippen molar-refractivity contribution in [3.05, 3.63) is 59.0 Å². The third-order valence-electron chi connectivity index (χ3n) is 8.50. The van der Waals surface area contributed by atoms with Gasteiger partial charge in [0.05, 0.1) is 18.8 Å². The fraction of sp³-hybridized carbons (Fsp3) is 0.625. The van der Waals surface area contributed by atoms with E-state index in [0.29, 0.717) is 25.5 Å². The van der Waals surface area contributed by atoms with Crippen molar-refractivity contribution in [2.75, 3.05) is 33.3 Å². The second-order valence-corrected chi connectivity index (χ2v) is 13.4. The van der Waals surface area contributed by atoms with Crippen molar-refractivity contribution in [3.8, 4) is 5.88 Å². The van der Waals surface area contributed by atoms with Crippen LogP contribution in [0.5, 0.6) is 5.88 Å². The van der Waals surface area contributed by atoms with Crippen LogP contribution in [0.4, 0.5) is 4.39 Å². The number of rotatable bonds is 9. The minimum atomic E-state index is -0.889. The number of carbonyl (C=O) groups is 1. The van der Waals surface area contributed by atoms with E-state index in [2.05, 4.69) is 42.4 Å². The summed E-state index contributed by atoms with van der Waals surface area (Å²) in [4.78, 5) is 20.0. The van der Waals surface area contributed by atoms with Gasteiger partial charge >= 0.3 is 0 Å². The van der Waals surface area contributed by atoms with E-state index in [1.165, 1.54) is 12.1 Å². The number of nitrogens with zero attached hydrogens (tertiary/aromatic N) is 2. The average Bonchev–Trinajstić information content (AvgIpc) is 2.90. The molecule has 1 unspecified atom stereocenters. The zero-order valence-corrected chi connectivity index (χ0v) is 24.8. The summed E-state index contributed by atoms with van der Waals surface area (Å²) in [5.41, 5.74) is 2.94. The molecule has 41 heavy (non-hydrogen) atoms. The maximum Gasteiger partial charge on any atom is 0.250 e. The summed E-state index contributed by atoms with van der Waals surface area (Å²) in [5.74, 6) is 0.108. The van der Waals surface area contributed by atoms with Crippen molar-refractivity contribution >= 4 is 5.91 Å². The van der Waals surface area contributed by atoms with Gasteiger partial charge in [0.1, 0.15) is 17.5 Å². The van der Waals surface area contributed by atoms with Gasteiger partial charge in [0, 0.05) is 43.9 Å². The van der Waals surface area contributed by atoms with Gasteiger partial charge in [0.25, 0.3) is 5.91 Å². The van der Waals surface area contributed by atoms with Crippen LogP contribution in [0.2, 0.25) is 0 Å². The number of halogens is 1. The minimum absolute atomic E-state index is 0.0291. The van der Waals surface area contributed by atoms with Gasteiger partial charge in [-0.25, -0.2) is 9.37 Å². The van der Waals surface area contributed by atoms with E-state index in [1.807, 2.05) is 13.2 Å². The molecule has 0 radical (unpaired) electrons. The maximum atomic E-state index is 13.6. The number of ether oxygens (including phenoxy) is 2. The monoisotopic (exact) mass is 568 g/mol. The average molecular weight is 569 g/mol. The van der Waals surface area contributed by atoms with Crippen LogP contribution in [0, 0.1) is 11.2 Å². The molecule has 1 saturated carbocycles. The lowest BCUT2D eigenvalue weighted by atomic mass is 9.73. The van der Waals surface area contributed by atoms with Crippen molar-refractivity contribution in [2.45, 2.75) is 89.2 Å². The summed E-state index contributed by atoms with van der Waals surface area (Å²) >= 11 is 0. The quantitative estimate of drug-likeness (QED) is 0.426. The standard InChI is InChI=1S/C32H45FN4O4/c1-31(2,3)16-22-14-24-26(17-32(10-5-11-32)41-30(24)35-18-22)34-19-27(38)25(15-21-6-8-23(33)9-7-21)36-29(39)28-20-37(4)12-13-40-28/h6-9,14,18,25-28,34,38H,5,10-13,15-17,19-20H2,1-4H3,(H,36,39)/t25-,26-,27+,28?/m0/s1. The van der Waals surface area contributed by atoms with Crippen molar-refractivity contribution < 1.29 is 23.8 Å². The van der Waals surface area contributed by atoms with E-state index in [-0.39, 0.29) is 35.3 Å². The molecule has 224 valence electrons. The highest BCUT2D eigenvalue weighted by Gasteiger charge is 2.46. The Balaban J connectivity index is 1.32. The predicted octanol–water partition coefficient (Wildman–Crippen LogP) is 3.56. The molecule has 1 amide bonds. The van der Waals surface area contributed by atoms with Crippen LogP contribution in [0.25, 0.3) is 0 Å². The van der Waals surface area contributed by atoms with E-state index >= 15 is 0 Å². The molecular weight excluding hydrogens is 523 g/mol. The van der Waals surface area contributed by atoms with Crippen LogP contribution < -0.4 is 15.4 Å². The highest BCUT2D eigenvalue weighted by Crippen LogP contribution is 2.48. The zero-order valence-electron chi connectivity index (χ0n) is 24.8. The molecule has 1 saturated heterocycles. The number of aliphatic hydroxyl groups is 1. The van der Waals surface area contributed by atoms with E-state index < -0.39 is 18.2 Å². The molecule has 8 nitrogen and oxygen atoms in total. The molecule has 3 aliphatic rings. The molecule has 2 aromatic rings. The number of pyridine rings is 1. The van der Waals surface area contributed by atoms with Gasteiger partial charge in [0.2, 0.25) is 5.88 Å². The van der Waals surface area contributed by atoms with E-state index in [9.17, 15) is 14.3 Å². The van der Waals surface area contributed by atoms with Gasteiger partial charge in [-0.2, -0.15) is 0 Å². The summed E-state index contributed by atoms with van der Waals surface area (Å²) in [6.07, 6.45) is 5.64. The molecular formula is C32H45FN4O4. The van der Waals surface area contributed by atoms with Crippen LogP contribution in [0.3, 0.4) is 0 Å². The Kier molecular flexibility index (Phi) is 8.99. The molecule has 9 heteroatoms. The summed E-state index contributed by atoms with van der Waals surface area (Å²) in [6.45, 7) is 8.65. The lowest BCUT2D eigenvalue weighted by molar-refractivity contribution is -0.139. The smallest absolute Gasteiger partial charge is 0.250 e. The molecule has 1 aromatic heterocycles. The van der Waals surface area contributed by atoms with Crippen molar-refractivity contribution in [1.29, 1.82) is 0 Å². The Bertz CT molecular complexity index is 1200. The van der Waals surface area contributed by atoms with Gasteiger partial charge in [-0.05, 0) is 73.9 Å². The number of hydrogen-bond donors (Lipinski definition) is 3. The van der Waals surface area contributed by atoms with Gasteiger partial charge < -0.3 is 30.1 Å². The van der Waals surface area contributed by atoms with Gasteiger partial charge in [0.15, 0.2) is 0 Å². The normalized spacial score (nSPS) is 23.7. The topological polar surface area (TPSA) is 96.0 Å². The molecule has 1 aliphatic carbocycles. The van der Waals surface area contributed by atoms with Crippen LogP contribution in [0.1, 0.15) is 69.2 Å². The molecule has 2 aliphatic heterocycles. The number of fused-ring (bicyclic) bond motifs is 1. The van der Waals surface area contributed by atoms with Crippen molar-refractivity contribution in [1.82, 2.24) is 20.5 Å². The number of amides is 1. The first-order valence-electron chi connectivity index (χ1n) is 14.9. The molecule has 3 heterocycles. The number of morpholine rings is 1. The summed E-state index contributed by atoms with van der Waals surface area (Å²) in [5, 5.41) is 18.1. The van der Waals surface area contributed by atoms with Gasteiger partial charge in [-0.1, -0.05) is 32.9 Å². The van der Waals surface area contributed by atoms with Gasteiger partial charge in [-0.3, -0.25) is 4.79 Å². The molecule has 1 aromatic carbocycles. The number of likely N-dealkylation sites (N-methyl/N-ethyl adjacent to an activating group) is 1. The number of aromatic nitrogens is 1. The zero-order chi connectivity index (χ0) is 29.2. The highest BCUT2D eigenvalue weighted by molar-refractivity contribution is 5.81. The summed E-state index contributed by atoms with van der Waals surface area (Å²) in [6, 6.07) is 7.76. The van der Waals surface area contributed by atoms with Crippen LogP contribution >= 0.6 is 0 Å². The Morgan fingerprint density at radius 1 is 1.24 bits per heavy atom. The molecule has 5 rings (SSSR count). The van der Waals surface area contributed by atoms with Crippen molar-refractivity contribution in [2.24, 2.45) is 5.41 Å². The number of benzene rings is 1. The lowest BCUT2D eigenvalue weighted by Gasteiger charge is -2.47. The lowest BCUT2D eigenvalue weighted by Crippen LogP contribution is -2.55. The molecule has 2 fully saturated rings. The molecule has 1 spiro atoms. The Morgan fingerprint density at radius 2 is 2.00 bits per heavy atom. The molecule has 0 bridgehead atoms. The first-order chi connectivity index (χ1) is 19.5. The highest BCUT2D eigenvalue weighted by atomic mass is 19.1. The first kappa shape index (κ1) is 29.9. The second kappa shape index (κ2) is 12.3. The maximum absolute atomic E-state index is 13.6. The van der Waals surface area contributed by atoms with E-state index in [1.54, 1.807) is 12.1 Å². The fourth-order valence-corrected chi connectivity index (χ4v) is 6.12. The third kappa shape index (κ3) is 7.63. The largest absolute Gasteiger partial charge is 0.471 e. The van der Waals surface area contributed by atoms with Gasteiger partial charge in [-0.15, -0.1) is 0 Å². The van der Waals surface area contributed by atoms with Crippen LogP contribution in [-0.2, 0) is 22.4 Å². The second-order valence-electron chi connectivity index (χ2n) is 13.4. The summed E-state index contributed by atoms with van der Waals surface area (Å²) < 4.78 is 25.7. The van der Waals surface area contributed by atoms with Crippen LogP contribution in [-0.4, -0.2) is 78.0 Å². The summed E-state index contributed by atoms with van der Waals surface area (Å²) in [7, 11) is 1.96. The third-order valence-corrected chi connectivity index (χ3v) is 8.50. The number of nitrogens with one attached hydrogen (secondary N) is 2. The van der Waals surface area contributed by atoms with E-state index in [0.717, 1.165) is 55.3 Å². The van der Waals surface area contributed by atoms with Crippen LogP contribution in [0.15, 0.2) is 36.5 Å². The number of carbonyl (C=O) groups excluding carboxylic acids is 1.